The molecule has 0 aliphatic carbocycles. The van der Waals surface area contributed by atoms with Crippen LogP contribution in [0.15, 0.2) is 36.7 Å². The third kappa shape index (κ3) is 3.79. The van der Waals surface area contributed by atoms with E-state index in [0.29, 0.717) is 22.5 Å². The van der Waals surface area contributed by atoms with Gasteiger partial charge in [-0.3, -0.25) is 4.79 Å². The number of nitrogens with one attached hydrogen (secondary N) is 1. The molecular weight excluding hydrogens is 312 g/mol. The van der Waals surface area contributed by atoms with Crippen LogP contribution in [0.25, 0.3) is 0 Å². The van der Waals surface area contributed by atoms with Gasteiger partial charge in [0.05, 0.1) is 10.7 Å². The lowest BCUT2D eigenvalue weighted by molar-refractivity contribution is 0.0691. The first-order valence-electron chi connectivity index (χ1n) is 7.76. The topological polar surface area (TPSA) is 58.1 Å². The van der Waals surface area contributed by atoms with E-state index in [1.807, 2.05) is 23.1 Å². The zero-order valence-electron chi connectivity index (χ0n) is 13.0. The number of carbonyl (C=O) groups excluding carboxylic acids is 1. The van der Waals surface area contributed by atoms with Gasteiger partial charge in [-0.15, -0.1) is 0 Å². The Morgan fingerprint density at radius 1 is 1.26 bits per heavy atom. The van der Waals surface area contributed by atoms with Crippen molar-refractivity contribution in [2.45, 2.75) is 19.8 Å². The van der Waals surface area contributed by atoms with Crippen LogP contribution in [-0.2, 0) is 0 Å². The van der Waals surface area contributed by atoms with Crippen molar-refractivity contribution in [2.75, 3.05) is 18.4 Å². The molecule has 2 aromatic rings. The molecule has 0 bridgehead atoms. The summed E-state index contributed by atoms with van der Waals surface area (Å²) >= 11 is 6.13. The van der Waals surface area contributed by atoms with Crippen molar-refractivity contribution in [1.82, 2.24) is 14.9 Å². The van der Waals surface area contributed by atoms with Gasteiger partial charge in [-0.1, -0.05) is 30.7 Å². The fraction of sp³-hybridized carbons (Fsp3) is 0.353. The van der Waals surface area contributed by atoms with Crippen molar-refractivity contribution in [3.63, 3.8) is 0 Å². The minimum Gasteiger partial charge on any atom is -0.339 e. The number of halogens is 1. The van der Waals surface area contributed by atoms with Crippen molar-refractivity contribution < 1.29 is 4.79 Å². The van der Waals surface area contributed by atoms with E-state index >= 15 is 0 Å². The Bertz CT molecular complexity index is 698. The van der Waals surface area contributed by atoms with Crippen molar-refractivity contribution in [2.24, 2.45) is 5.92 Å². The van der Waals surface area contributed by atoms with Crippen molar-refractivity contribution >= 4 is 29.0 Å². The number of likely N-dealkylation sites (tertiary alicyclic amines) is 1. The fourth-order valence-corrected chi connectivity index (χ4v) is 2.80. The Morgan fingerprint density at radius 2 is 2.00 bits per heavy atom. The second-order valence-electron chi connectivity index (χ2n) is 5.87. The molecule has 0 saturated carbocycles. The molecule has 1 N–H and O–H groups in total. The number of carbonyl (C=O) groups is 1. The molecule has 0 spiro atoms. The van der Waals surface area contributed by atoms with Crippen LogP contribution in [0.1, 0.15) is 30.3 Å². The second kappa shape index (κ2) is 6.96. The molecule has 120 valence electrons. The van der Waals surface area contributed by atoms with Gasteiger partial charge >= 0.3 is 0 Å². The third-order valence-corrected chi connectivity index (χ3v) is 4.42. The first-order chi connectivity index (χ1) is 11.1. The Morgan fingerprint density at radius 3 is 2.74 bits per heavy atom. The highest BCUT2D eigenvalue weighted by Gasteiger charge is 2.22. The summed E-state index contributed by atoms with van der Waals surface area (Å²) < 4.78 is 0. The summed E-state index contributed by atoms with van der Waals surface area (Å²) in [6, 6.07) is 9.07. The van der Waals surface area contributed by atoms with E-state index in [9.17, 15) is 4.79 Å². The van der Waals surface area contributed by atoms with Crippen LogP contribution in [0, 0.1) is 5.92 Å². The number of benzene rings is 1. The molecule has 1 fully saturated rings. The van der Waals surface area contributed by atoms with E-state index in [2.05, 4.69) is 22.2 Å². The number of aromatic nitrogens is 2. The highest BCUT2D eigenvalue weighted by atomic mass is 35.5. The molecule has 0 atom stereocenters. The summed E-state index contributed by atoms with van der Waals surface area (Å²) in [6.45, 7) is 3.80. The second-order valence-corrected chi connectivity index (χ2v) is 6.28. The van der Waals surface area contributed by atoms with Crippen LogP contribution >= 0.6 is 11.6 Å². The minimum atomic E-state index is -0.0403. The average Bonchev–Trinajstić information content (AvgIpc) is 2.57. The van der Waals surface area contributed by atoms with Crippen LogP contribution in [0.2, 0.25) is 5.02 Å². The van der Waals surface area contributed by atoms with Crippen molar-refractivity contribution in [3.05, 3.63) is 47.4 Å². The maximum Gasteiger partial charge on any atom is 0.272 e. The van der Waals surface area contributed by atoms with Crippen LogP contribution in [0.3, 0.4) is 0 Å². The molecule has 1 aromatic carbocycles. The largest absolute Gasteiger partial charge is 0.339 e. The van der Waals surface area contributed by atoms with E-state index in [-0.39, 0.29) is 5.91 Å². The SMILES string of the molecule is CC1CCN(C(=O)c2cc(Nc3ccccc3Cl)ncn2)CC1. The van der Waals surface area contributed by atoms with Crippen LogP contribution in [0.5, 0.6) is 0 Å². The van der Waals surface area contributed by atoms with E-state index in [1.165, 1.54) is 6.33 Å². The number of para-hydroxylation sites is 1. The Hall–Kier alpha value is -2.14. The van der Waals surface area contributed by atoms with E-state index in [1.54, 1.807) is 12.1 Å². The summed E-state index contributed by atoms with van der Waals surface area (Å²) in [5.41, 5.74) is 1.15. The predicted octanol–water partition coefficient (Wildman–Crippen LogP) is 3.75. The standard InChI is InChI=1S/C17H19ClN4O/c1-12-6-8-22(9-7-12)17(23)15-10-16(20-11-19-15)21-14-5-3-2-4-13(14)18/h2-5,10-12H,6-9H2,1H3,(H,19,20,21). The summed E-state index contributed by atoms with van der Waals surface area (Å²) in [7, 11) is 0. The zero-order chi connectivity index (χ0) is 16.2. The molecular formula is C17H19ClN4O. The normalized spacial score (nSPS) is 15.5. The minimum absolute atomic E-state index is 0.0403. The number of hydrogen-bond acceptors (Lipinski definition) is 4. The Kier molecular flexibility index (Phi) is 4.76. The average molecular weight is 331 g/mol. The molecule has 1 aliphatic heterocycles. The van der Waals surface area contributed by atoms with Crippen molar-refractivity contribution in [1.29, 1.82) is 0 Å². The van der Waals surface area contributed by atoms with Gasteiger partial charge in [0.1, 0.15) is 17.8 Å². The molecule has 1 amide bonds. The molecule has 1 aliphatic rings. The number of piperidine rings is 1. The number of amides is 1. The highest BCUT2D eigenvalue weighted by Crippen LogP contribution is 2.24. The molecule has 0 unspecified atom stereocenters. The van der Waals surface area contributed by atoms with Gasteiger partial charge in [0.25, 0.3) is 5.91 Å². The van der Waals surface area contributed by atoms with Gasteiger partial charge in [0.2, 0.25) is 0 Å². The van der Waals surface area contributed by atoms with Crippen molar-refractivity contribution in [3.8, 4) is 0 Å². The van der Waals surface area contributed by atoms with Gasteiger partial charge in [-0.2, -0.15) is 0 Å². The molecule has 1 saturated heterocycles. The first kappa shape index (κ1) is 15.7. The summed E-state index contributed by atoms with van der Waals surface area (Å²) in [5.74, 6) is 1.20. The molecule has 3 rings (SSSR count). The number of nitrogens with zero attached hydrogens (tertiary/aromatic N) is 3. The lowest BCUT2D eigenvalue weighted by Gasteiger charge is -2.30. The number of rotatable bonds is 3. The number of anilines is 2. The van der Waals surface area contributed by atoms with Gasteiger partial charge in [0.15, 0.2) is 0 Å². The molecule has 2 heterocycles. The summed E-state index contributed by atoms with van der Waals surface area (Å²) in [4.78, 5) is 22.7. The Labute approximate surface area is 140 Å². The summed E-state index contributed by atoms with van der Waals surface area (Å²) in [6.07, 6.45) is 3.49. The monoisotopic (exact) mass is 330 g/mol. The fourth-order valence-electron chi connectivity index (χ4n) is 2.62. The van der Waals surface area contributed by atoms with Crippen LogP contribution < -0.4 is 5.32 Å². The van der Waals surface area contributed by atoms with Gasteiger partial charge in [-0.05, 0) is 30.9 Å². The quantitative estimate of drug-likeness (QED) is 0.931. The van der Waals surface area contributed by atoms with Gasteiger partial charge < -0.3 is 10.2 Å². The lowest BCUT2D eigenvalue weighted by Crippen LogP contribution is -2.38. The molecule has 23 heavy (non-hydrogen) atoms. The van der Waals surface area contributed by atoms with E-state index < -0.39 is 0 Å². The first-order valence-corrected chi connectivity index (χ1v) is 8.14. The third-order valence-electron chi connectivity index (χ3n) is 4.09. The van der Waals surface area contributed by atoms with Gasteiger partial charge in [-0.25, -0.2) is 9.97 Å². The molecule has 6 heteroatoms. The van der Waals surface area contributed by atoms with E-state index in [0.717, 1.165) is 31.6 Å². The molecule has 1 aromatic heterocycles. The summed E-state index contributed by atoms with van der Waals surface area (Å²) in [5, 5.41) is 3.72. The molecule has 0 radical (unpaired) electrons. The predicted molar refractivity (Wildman–Crippen MR) is 91.1 cm³/mol. The zero-order valence-corrected chi connectivity index (χ0v) is 13.8. The maximum absolute atomic E-state index is 12.6. The Balaban J connectivity index is 1.75. The highest BCUT2D eigenvalue weighted by molar-refractivity contribution is 6.33. The maximum atomic E-state index is 12.6. The smallest absolute Gasteiger partial charge is 0.272 e. The van der Waals surface area contributed by atoms with E-state index in [4.69, 9.17) is 11.6 Å². The molecule has 5 nitrogen and oxygen atoms in total. The number of hydrogen-bond donors (Lipinski definition) is 1. The van der Waals surface area contributed by atoms with Crippen LogP contribution in [-0.4, -0.2) is 33.9 Å². The van der Waals surface area contributed by atoms with Gasteiger partial charge in [0, 0.05) is 19.2 Å². The lowest BCUT2D eigenvalue weighted by atomic mass is 9.99. The van der Waals surface area contributed by atoms with Crippen LogP contribution in [0.4, 0.5) is 11.5 Å².